The second-order valence-corrected chi connectivity index (χ2v) is 5.77. The van der Waals surface area contributed by atoms with Crippen molar-refractivity contribution >= 4 is 10.9 Å². The second kappa shape index (κ2) is 6.07. The predicted molar refractivity (Wildman–Crippen MR) is 96.0 cm³/mol. The molecule has 0 aliphatic heterocycles. The Bertz CT molecular complexity index is 1090. The van der Waals surface area contributed by atoms with Crippen molar-refractivity contribution < 1.29 is 14.6 Å². The number of hydrogen-bond donors (Lipinski definition) is 2. The van der Waals surface area contributed by atoms with Gasteiger partial charge < -0.3 is 14.6 Å². The number of hydrogen-bond acceptors (Lipinski definition) is 6. The van der Waals surface area contributed by atoms with Gasteiger partial charge in [-0.05, 0) is 24.6 Å². The fraction of sp³-hybridized carbons (Fsp3) is 0.167. The Morgan fingerprint density at radius 2 is 2.00 bits per heavy atom. The Morgan fingerprint density at radius 1 is 1.15 bits per heavy atom. The van der Waals surface area contributed by atoms with E-state index in [1.165, 1.54) is 7.11 Å². The Morgan fingerprint density at radius 3 is 2.69 bits per heavy atom. The monoisotopic (exact) mass is 351 g/mol. The summed E-state index contributed by atoms with van der Waals surface area (Å²) in [7, 11) is 3.13. The molecule has 0 radical (unpaired) electrons. The Kier molecular flexibility index (Phi) is 3.72. The van der Waals surface area contributed by atoms with E-state index in [9.17, 15) is 5.11 Å². The summed E-state index contributed by atoms with van der Waals surface area (Å²) in [4.78, 5) is 8.89. The van der Waals surface area contributed by atoms with Gasteiger partial charge in [0.2, 0.25) is 11.8 Å². The summed E-state index contributed by atoms with van der Waals surface area (Å²) in [5, 5.41) is 18.1. The van der Waals surface area contributed by atoms with Gasteiger partial charge in [-0.1, -0.05) is 0 Å². The van der Waals surface area contributed by atoms with Crippen LogP contribution < -0.4 is 9.47 Å². The number of aromatic nitrogens is 5. The molecule has 0 unspecified atom stereocenters. The zero-order chi connectivity index (χ0) is 18.3. The average molecular weight is 351 g/mol. The molecule has 4 heterocycles. The van der Waals surface area contributed by atoms with Crippen LogP contribution in [0.4, 0.5) is 0 Å². The summed E-state index contributed by atoms with van der Waals surface area (Å²) in [6.07, 6.45) is 4.96. The number of ether oxygens (including phenoxy) is 2. The maximum atomic E-state index is 10.8. The summed E-state index contributed by atoms with van der Waals surface area (Å²) in [5.74, 6) is 1.69. The Labute approximate surface area is 149 Å². The van der Waals surface area contributed by atoms with E-state index in [-0.39, 0.29) is 5.88 Å². The summed E-state index contributed by atoms with van der Waals surface area (Å²) in [6.45, 7) is 1.91. The van der Waals surface area contributed by atoms with E-state index in [4.69, 9.17) is 14.5 Å². The highest BCUT2D eigenvalue weighted by atomic mass is 16.5. The largest absolute Gasteiger partial charge is 0.495 e. The van der Waals surface area contributed by atoms with Crippen molar-refractivity contribution in [2.75, 3.05) is 14.2 Å². The number of aromatic amines is 1. The second-order valence-electron chi connectivity index (χ2n) is 5.77. The van der Waals surface area contributed by atoms with Crippen LogP contribution in [0.2, 0.25) is 0 Å². The van der Waals surface area contributed by atoms with Crippen LogP contribution in [-0.4, -0.2) is 44.1 Å². The van der Waals surface area contributed by atoms with Gasteiger partial charge in [0, 0.05) is 17.8 Å². The molecule has 0 bridgehead atoms. The minimum absolute atomic E-state index is 0.0430. The molecule has 0 amide bonds. The number of nitrogens with one attached hydrogen (secondary N) is 1. The lowest BCUT2D eigenvalue weighted by Gasteiger charge is -2.06. The third-order valence-electron chi connectivity index (χ3n) is 4.22. The quantitative estimate of drug-likeness (QED) is 0.587. The summed E-state index contributed by atoms with van der Waals surface area (Å²) < 4.78 is 12.3. The maximum absolute atomic E-state index is 10.8. The van der Waals surface area contributed by atoms with E-state index in [2.05, 4.69) is 15.2 Å². The number of fused-ring (bicyclic) bond motifs is 1. The van der Waals surface area contributed by atoms with Crippen molar-refractivity contribution in [3.63, 3.8) is 0 Å². The molecule has 0 atom stereocenters. The Balaban J connectivity index is 2.00. The van der Waals surface area contributed by atoms with E-state index in [0.29, 0.717) is 34.0 Å². The van der Waals surface area contributed by atoms with E-state index in [1.54, 1.807) is 36.3 Å². The van der Waals surface area contributed by atoms with Gasteiger partial charge in [0.25, 0.3) is 0 Å². The van der Waals surface area contributed by atoms with Crippen molar-refractivity contribution in [3.8, 4) is 34.6 Å². The third kappa shape index (κ3) is 2.34. The van der Waals surface area contributed by atoms with Crippen molar-refractivity contribution in [1.29, 1.82) is 0 Å². The molecular weight excluding hydrogens is 334 g/mol. The van der Waals surface area contributed by atoms with Gasteiger partial charge in [-0.25, -0.2) is 9.55 Å². The molecule has 0 aliphatic carbocycles. The molecule has 0 spiro atoms. The molecule has 2 N–H and O–H groups in total. The van der Waals surface area contributed by atoms with Crippen LogP contribution >= 0.6 is 0 Å². The molecule has 0 saturated heterocycles. The highest BCUT2D eigenvalue weighted by molar-refractivity contribution is 5.95. The van der Waals surface area contributed by atoms with Crippen molar-refractivity contribution in [2.24, 2.45) is 0 Å². The standard InChI is InChI=1S/C18H17N5O3/c1-10-6-13(11-7-12(25-2)9-19-8-11)21-16-15(10)17(24)23(18(16)26-3)14-4-5-20-22-14/h4-9,24H,1-3H3,(H,20,22). The minimum atomic E-state index is 0.0430. The fourth-order valence-electron chi connectivity index (χ4n) is 3.03. The number of nitrogens with zero attached hydrogens (tertiary/aromatic N) is 4. The number of H-pyrrole nitrogens is 1. The highest BCUT2D eigenvalue weighted by Gasteiger charge is 2.23. The van der Waals surface area contributed by atoms with Gasteiger partial charge in [0.1, 0.15) is 17.1 Å². The highest BCUT2D eigenvalue weighted by Crippen LogP contribution is 2.41. The summed E-state index contributed by atoms with van der Waals surface area (Å²) in [5.41, 5.74) is 2.94. The predicted octanol–water partition coefficient (Wildman–Crippen LogP) is 2.84. The molecular formula is C18H17N5O3. The summed E-state index contributed by atoms with van der Waals surface area (Å²) in [6, 6.07) is 5.50. The number of pyridine rings is 2. The molecule has 4 rings (SSSR count). The minimum Gasteiger partial charge on any atom is -0.495 e. The number of aromatic hydroxyl groups is 1. The van der Waals surface area contributed by atoms with E-state index < -0.39 is 0 Å². The summed E-state index contributed by atoms with van der Waals surface area (Å²) >= 11 is 0. The van der Waals surface area contributed by atoms with Crippen molar-refractivity contribution in [3.05, 3.63) is 42.4 Å². The lowest BCUT2D eigenvalue weighted by Crippen LogP contribution is -1.98. The first-order valence-electron chi connectivity index (χ1n) is 7.92. The molecule has 4 aromatic rings. The number of methoxy groups -OCH3 is 2. The van der Waals surface area contributed by atoms with Gasteiger partial charge in [0.15, 0.2) is 0 Å². The molecule has 0 aliphatic rings. The Hall–Kier alpha value is -3.55. The molecule has 4 aromatic heterocycles. The molecule has 26 heavy (non-hydrogen) atoms. The van der Waals surface area contributed by atoms with Crippen LogP contribution in [-0.2, 0) is 0 Å². The van der Waals surface area contributed by atoms with Crippen LogP contribution in [0.3, 0.4) is 0 Å². The normalized spacial score (nSPS) is 11.0. The van der Waals surface area contributed by atoms with E-state index in [1.807, 2.05) is 19.1 Å². The first-order chi connectivity index (χ1) is 12.6. The zero-order valence-electron chi connectivity index (χ0n) is 14.5. The average Bonchev–Trinajstić information content (AvgIpc) is 3.27. The molecule has 0 fully saturated rings. The fourth-order valence-corrected chi connectivity index (χ4v) is 3.03. The van der Waals surface area contributed by atoms with E-state index >= 15 is 0 Å². The van der Waals surface area contributed by atoms with Crippen LogP contribution in [0.1, 0.15) is 5.56 Å². The lowest BCUT2D eigenvalue weighted by molar-refractivity contribution is 0.373. The van der Waals surface area contributed by atoms with Gasteiger partial charge >= 0.3 is 0 Å². The number of aryl methyl sites for hydroxylation is 1. The molecule has 132 valence electrons. The van der Waals surface area contributed by atoms with Crippen LogP contribution in [0.25, 0.3) is 28.0 Å². The molecule has 0 saturated carbocycles. The molecule has 0 aromatic carbocycles. The molecule has 8 nitrogen and oxygen atoms in total. The van der Waals surface area contributed by atoms with Gasteiger partial charge in [0.05, 0.1) is 37.7 Å². The van der Waals surface area contributed by atoms with Gasteiger partial charge in [-0.3, -0.25) is 10.1 Å². The SMILES string of the molecule is COc1cncc(-c2cc(C)c3c(O)n(-c4ccn[nH]4)c(OC)c3n2)c1. The topological polar surface area (TPSA) is 98.1 Å². The van der Waals surface area contributed by atoms with Crippen LogP contribution in [0.5, 0.6) is 17.5 Å². The first kappa shape index (κ1) is 15.9. The third-order valence-corrected chi connectivity index (χ3v) is 4.22. The number of rotatable bonds is 4. The van der Waals surface area contributed by atoms with Crippen LogP contribution in [0.15, 0.2) is 36.8 Å². The lowest BCUT2D eigenvalue weighted by atomic mass is 10.1. The smallest absolute Gasteiger partial charge is 0.229 e. The zero-order valence-corrected chi connectivity index (χ0v) is 14.5. The van der Waals surface area contributed by atoms with Gasteiger partial charge in [-0.2, -0.15) is 5.10 Å². The van der Waals surface area contributed by atoms with Crippen LogP contribution in [0, 0.1) is 6.92 Å². The maximum Gasteiger partial charge on any atom is 0.229 e. The first-order valence-corrected chi connectivity index (χ1v) is 7.92. The van der Waals surface area contributed by atoms with Crippen molar-refractivity contribution in [1.82, 2.24) is 24.7 Å². The van der Waals surface area contributed by atoms with E-state index in [0.717, 1.165) is 11.1 Å². The molecule has 8 heteroatoms. The van der Waals surface area contributed by atoms with Gasteiger partial charge in [-0.15, -0.1) is 0 Å². The van der Waals surface area contributed by atoms with Crippen molar-refractivity contribution in [2.45, 2.75) is 6.92 Å².